The van der Waals surface area contributed by atoms with Gasteiger partial charge in [-0.3, -0.25) is 0 Å². The number of rotatable bonds is 6. The van der Waals surface area contributed by atoms with Crippen molar-refractivity contribution in [2.75, 3.05) is 6.16 Å². The van der Waals surface area contributed by atoms with Gasteiger partial charge in [0, 0.05) is 0 Å². The van der Waals surface area contributed by atoms with Crippen molar-refractivity contribution in [3.05, 3.63) is 107 Å². The Balaban J connectivity index is 1.69. The number of halogens is 1. The molecule has 0 aliphatic carbocycles. The van der Waals surface area contributed by atoms with E-state index in [1.54, 1.807) is 0 Å². The van der Waals surface area contributed by atoms with E-state index in [-0.39, 0.29) is 11.8 Å². The molecule has 1 aliphatic rings. The number of fused-ring (bicyclic) bond motifs is 1. The van der Waals surface area contributed by atoms with Gasteiger partial charge in [-0.25, -0.2) is 0 Å². The first-order valence-electron chi connectivity index (χ1n) is 11.6. The second-order valence-corrected chi connectivity index (χ2v) is 17.9. The molecule has 0 saturated heterocycles. The summed E-state index contributed by atoms with van der Waals surface area (Å²) in [6, 6.07) is 32.5. The van der Waals surface area contributed by atoms with Crippen LogP contribution in [0.1, 0.15) is 37.5 Å². The molecule has 0 bridgehead atoms. The van der Waals surface area contributed by atoms with Crippen LogP contribution in [0.15, 0.2) is 100 Å². The summed E-state index contributed by atoms with van der Waals surface area (Å²) >= 11 is 4.52. The Morgan fingerprint density at radius 1 is 0.848 bits per heavy atom. The summed E-state index contributed by atoms with van der Waals surface area (Å²) in [5.74, 6) is 0.461. The van der Waals surface area contributed by atoms with Gasteiger partial charge in [-0.2, -0.15) is 0 Å². The molecular weight excluding hydrogens is 495 g/mol. The predicted molar refractivity (Wildman–Crippen MR) is 141 cm³/mol. The van der Waals surface area contributed by atoms with Gasteiger partial charge in [0.1, 0.15) is 0 Å². The van der Waals surface area contributed by atoms with E-state index in [9.17, 15) is 4.79 Å². The van der Waals surface area contributed by atoms with Crippen molar-refractivity contribution in [1.29, 1.82) is 0 Å². The average Bonchev–Trinajstić information content (AvgIpc) is 3.12. The summed E-state index contributed by atoms with van der Waals surface area (Å²) in [6.07, 6.45) is 5.65. The van der Waals surface area contributed by atoms with E-state index in [4.69, 9.17) is 4.52 Å². The summed E-state index contributed by atoms with van der Waals surface area (Å²) in [5.41, 5.74) is 0. The van der Waals surface area contributed by atoms with Crippen molar-refractivity contribution in [3.63, 3.8) is 0 Å². The first-order valence-corrected chi connectivity index (χ1v) is 16.0. The van der Waals surface area contributed by atoms with E-state index in [0.717, 1.165) is 44.1 Å². The molecule has 1 aliphatic heterocycles. The minimum atomic E-state index is -3.02. The monoisotopic (exact) mass is 522 g/mol. The standard InChI is InChI=1S/C27H28BrN2O2P/c28-33(23-13-4-1-5-14-23,24-15-6-2-7-16-24,25-17-8-3-9-18-25)21-20-22-12-10-11-19-26-29-32-27(31)30(22)26/h1-9,13-18,22H,10-12,19-21H2. The van der Waals surface area contributed by atoms with Crippen LogP contribution in [0.2, 0.25) is 0 Å². The Hall–Kier alpha value is -2.49. The minimum absolute atomic E-state index is 0.0800. The molecule has 0 N–H and O–H groups in total. The maximum atomic E-state index is 12.6. The number of nitrogens with zero attached hydrogens (tertiary/aromatic N) is 2. The van der Waals surface area contributed by atoms with Crippen molar-refractivity contribution in [2.24, 2.45) is 0 Å². The molecule has 170 valence electrons. The molecule has 6 heteroatoms. The summed E-state index contributed by atoms with van der Waals surface area (Å²) in [7, 11) is 0. The summed E-state index contributed by atoms with van der Waals surface area (Å²) < 4.78 is 6.89. The van der Waals surface area contributed by atoms with Crippen LogP contribution in [-0.2, 0) is 6.42 Å². The molecule has 0 spiro atoms. The van der Waals surface area contributed by atoms with Gasteiger partial charge in [-0.05, 0) is 0 Å². The van der Waals surface area contributed by atoms with E-state index in [1.165, 1.54) is 15.9 Å². The first-order chi connectivity index (χ1) is 16.1. The summed E-state index contributed by atoms with van der Waals surface area (Å²) in [5, 5.41) is 4.96. The second kappa shape index (κ2) is 9.04. The normalized spacial score (nSPS) is 17.5. The topological polar surface area (TPSA) is 48.0 Å². The van der Waals surface area contributed by atoms with Crippen LogP contribution in [0.3, 0.4) is 0 Å². The zero-order valence-corrected chi connectivity index (χ0v) is 21.0. The zero-order chi connectivity index (χ0) is 22.8. The molecular formula is C27H28BrN2O2P. The Morgan fingerprint density at radius 2 is 1.36 bits per heavy atom. The van der Waals surface area contributed by atoms with Gasteiger partial charge < -0.3 is 0 Å². The van der Waals surface area contributed by atoms with Gasteiger partial charge >= 0.3 is 203 Å². The van der Waals surface area contributed by atoms with Crippen molar-refractivity contribution in [2.45, 2.75) is 38.1 Å². The molecule has 4 aromatic rings. The van der Waals surface area contributed by atoms with E-state index in [1.807, 2.05) is 4.57 Å². The van der Waals surface area contributed by atoms with Crippen LogP contribution in [0.4, 0.5) is 0 Å². The Labute approximate surface area is 202 Å². The van der Waals surface area contributed by atoms with Crippen LogP contribution >= 0.6 is 20.8 Å². The average molecular weight is 523 g/mol. The van der Waals surface area contributed by atoms with E-state index >= 15 is 0 Å². The third-order valence-corrected chi connectivity index (χ3v) is 17.0. The number of hydrogen-bond acceptors (Lipinski definition) is 3. The maximum absolute atomic E-state index is 12.6. The van der Waals surface area contributed by atoms with Crippen LogP contribution in [0.5, 0.6) is 0 Å². The number of aryl methyl sites for hydroxylation is 1. The number of benzene rings is 3. The molecule has 0 amide bonds. The van der Waals surface area contributed by atoms with Crippen molar-refractivity contribution < 1.29 is 4.52 Å². The summed E-state index contributed by atoms with van der Waals surface area (Å²) in [6.45, 7) is 0. The third-order valence-electron chi connectivity index (χ3n) is 7.02. The molecule has 0 fully saturated rings. The molecule has 3 aromatic carbocycles. The first kappa shape index (κ1) is 22.3. The molecule has 1 unspecified atom stereocenters. The summed E-state index contributed by atoms with van der Waals surface area (Å²) in [4.78, 5) is 12.6. The Kier molecular flexibility index (Phi) is 6.11. The Morgan fingerprint density at radius 3 is 1.88 bits per heavy atom. The van der Waals surface area contributed by atoms with Crippen LogP contribution < -0.4 is 21.7 Å². The van der Waals surface area contributed by atoms with Crippen LogP contribution in [-0.4, -0.2) is 15.9 Å². The molecule has 0 radical (unpaired) electrons. The fourth-order valence-electron chi connectivity index (χ4n) is 5.32. The molecule has 2 heterocycles. The van der Waals surface area contributed by atoms with Gasteiger partial charge in [0.25, 0.3) is 0 Å². The van der Waals surface area contributed by atoms with Gasteiger partial charge in [0.05, 0.1) is 0 Å². The predicted octanol–water partition coefficient (Wildman–Crippen LogP) is 5.33. The van der Waals surface area contributed by atoms with Gasteiger partial charge in [-0.1, -0.05) is 0 Å². The van der Waals surface area contributed by atoms with Crippen LogP contribution in [0.25, 0.3) is 0 Å². The van der Waals surface area contributed by atoms with Crippen molar-refractivity contribution in [1.82, 2.24) is 9.72 Å². The molecule has 0 saturated carbocycles. The zero-order valence-electron chi connectivity index (χ0n) is 18.5. The van der Waals surface area contributed by atoms with Gasteiger partial charge in [0.15, 0.2) is 0 Å². The third kappa shape index (κ3) is 3.82. The van der Waals surface area contributed by atoms with Crippen LogP contribution in [0, 0.1) is 0 Å². The second-order valence-electron chi connectivity index (χ2n) is 8.84. The van der Waals surface area contributed by atoms with Gasteiger partial charge in [-0.15, -0.1) is 0 Å². The Bertz CT molecular complexity index is 1170. The molecule has 4 nitrogen and oxygen atoms in total. The molecule has 1 aromatic heterocycles. The van der Waals surface area contributed by atoms with Crippen molar-refractivity contribution >= 4 is 36.7 Å². The number of aromatic nitrogens is 2. The molecule has 33 heavy (non-hydrogen) atoms. The number of hydrogen-bond donors (Lipinski definition) is 0. The van der Waals surface area contributed by atoms with E-state index in [0.29, 0.717) is 0 Å². The van der Waals surface area contributed by atoms with Gasteiger partial charge in [0.2, 0.25) is 0 Å². The molecule has 5 rings (SSSR count). The van der Waals surface area contributed by atoms with Crippen molar-refractivity contribution in [3.8, 4) is 0 Å². The quantitative estimate of drug-likeness (QED) is 0.321. The molecule has 1 atom stereocenters. The fourth-order valence-corrected chi connectivity index (χ4v) is 12.9. The fraction of sp³-hybridized carbons (Fsp3) is 0.259. The SMILES string of the molecule is O=c1onc2n1C(CCP(Br)(c1ccccc1)(c1ccccc1)c1ccccc1)CCCC2. The van der Waals surface area contributed by atoms with E-state index in [2.05, 4.69) is 112 Å². The van der Waals surface area contributed by atoms with E-state index < -0.39 is 5.31 Å².